The van der Waals surface area contributed by atoms with E-state index in [0.717, 1.165) is 37.7 Å². The summed E-state index contributed by atoms with van der Waals surface area (Å²) < 4.78 is 32.7. The number of hydrogen-bond donors (Lipinski definition) is 1. The molecule has 2 aliphatic rings. The quantitative estimate of drug-likeness (QED) is 0.918. The lowest BCUT2D eigenvalue weighted by Gasteiger charge is -2.19. The van der Waals surface area contributed by atoms with Crippen molar-refractivity contribution >= 4 is 10.0 Å². The van der Waals surface area contributed by atoms with Crippen LogP contribution in [0.4, 0.5) is 0 Å². The largest absolute Gasteiger partial charge is 0.495 e. The van der Waals surface area contributed by atoms with Gasteiger partial charge in [0.25, 0.3) is 0 Å². The summed E-state index contributed by atoms with van der Waals surface area (Å²) in [6.45, 7) is 0. The average molecular weight is 281 g/mol. The van der Waals surface area contributed by atoms with Gasteiger partial charge in [0.1, 0.15) is 10.6 Å². The molecule has 19 heavy (non-hydrogen) atoms. The highest BCUT2D eigenvalue weighted by Crippen LogP contribution is 2.33. The normalized spacial score (nSPS) is 19.0. The van der Waals surface area contributed by atoms with Gasteiger partial charge < -0.3 is 4.74 Å². The highest BCUT2D eigenvalue weighted by molar-refractivity contribution is 7.89. The van der Waals surface area contributed by atoms with Gasteiger partial charge in [-0.2, -0.15) is 0 Å². The van der Waals surface area contributed by atoms with Crippen molar-refractivity contribution in [3.8, 4) is 5.75 Å². The van der Waals surface area contributed by atoms with Crippen LogP contribution in [0, 0.1) is 0 Å². The van der Waals surface area contributed by atoms with Gasteiger partial charge in [0, 0.05) is 6.04 Å². The van der Waals surface area contributed by atoms with Gasteiger partial charge in [-0.25, -0.2) is 13.1 Å². The molecule has 4 nitrogen and oxygen atoms in total. The number of ether oxygens (including phenoxy) is 1. The van der Waals surface area contributed by atoms with Crippen LogP contribution in [-0.2, 0) is 22.9 Å². The fourth-order valence-electron chi connectivity index (χ4n) is 2.59. The minimum atomic E-state index is -3.45. The summed E-state index contributed by atoms with van der Waals surface area (Å²) in [5.41, 5.74) is 2.39. The molecule has 3 rings (SSSR count). The molecule has 0 spiro atoms. The van der Waals surface area contributed by atoms with Crippen LogP contribution in [0.3, 0.4) is 0 Å². The van der Waals surface area contributed by atoms with E-state index in [-0.39, 0.29) is 6.04 Å². The first kappa shape index (κ1) is 12.9. The van der Waals surface area contributed by atoms with Gasteiger partial charge in [0.05, 0.1) is 7.11 Å². The van der Waals surface area contributed by atoms with Crippen LogP contribution in [0.1, 0.15) is 36.8 Å². The number of rotatable bonds is 4. The maximum atomic E-state index is 12.4. The number of methoxy groups -OCH3 is 1. The zero-order chi connectivity index (χ0) is 13.5. The van der Waals surface area contributed by atoms with Gasteiger partial charge in [-0.1, -0.05) is 0 Å². The standard InChI is InChI=1S/C14H19NO3S/c1-18-13-8-10-4-2-3-5-11(10)9-14(13)19(16,17)15-12-6-7-12/h8-9,12,15H,2-7H2,1H3. The summed E-state index contributed by atoms with van der Waals surface area (Å²) in [7, 11) is -1.92. The molecule has 1 saturated carbocycles. The topological polar surface area (TPSA) is 55.4 Å². The highest BCUT2D eigenvalue weighted by atomic mass is 32.2. The first-order valence-electron chi connectivity index (χ1n) is 6.82. The van der Waals surface area contributed by atoms with Crippen LogP contribution in [0.15, 0.2) is 17.0 Å². The Bertz CT molecular complexity index is 591. The Morgan fingerprint density at radius 2 is 1.79 bits per heavy atom. The molecule has 1 aromatic carbocycles. The minimum Gasteiger partial charge on any atom is -0.495 e. The molecule has 1 N–H and O–H groups in total. The zero-order valence-electron chi connectivity index (χ0n) is 11.1. The molecular formula is C14H19NO3S. The second kappa shape index (κ2) is 4.80. The lowest BCUT2D eigenvalue weighted by molar-refractivity contribution is 0.401. The molecule has 0 saturated heterocycles. The molecule has 0 radical (unpaired) electrons. The Morgan fingerprint density at radius 3 is 2.37 bits per heavy atom. The van der Waals surface area contributed by atoms with Crippen LogP contribution >= 0.6 is 0 Å². The molecule has 0 aromatic heterocycles. The SMILES string of the molecule is COc1cc2c(cc1S(=O)(=O)NC1CC1)CCCC2. The molecule has 0 bridgehead atoms. The van der Waals surface area contributed by atoms with Crippen molar-refractivity contribution < 1.29 is 13.2 Å². The van der Waals surface area contributed by atoms with Crippen molar-refractivity contribution in [3.05, 3.63) is 23.3 Å². The second-order valence-electron chi connectivity index (χ2n) is 5.37. The Balaban J connectivity index is 2.03. The van der Waals surface area contributed by atoms with E-state index in [4.69, 9.17) is 4.74 Å². The molecule has 0 amide bonds. The predicted molar refractivity (Wildman–Crippen MR) is 73.0 cm³/mol. The Labute approximate surface area is 114 Å². The second-order valence-corrected chi connectivity index (χ2v) is 7.06. The molecular weight excluding hydrogens is 262 g/mol. The van der Waals surface area contributed by atoms with Gasteiger partial charge in [-0.05, 0) is 61.8 Å². The van der Waals surface area contributed by atoms with Crippen LogP contribution in [0.2, 0.25) is 0 Å². The van der Waals surface area contributed by atoms with Crippen molar-refractivity contribution in [1.29, 1.82) is 0 Å². The fourth-order valence-corrected chi connectivity index (χ4v) is 4.10. The van der Waals surface area contributed by atoms with Gasteiger partial charge in [-0.3, -0.25) is 0 Å². The number of aryl methyl sites for hydroxylation is 2. The van der Waals surface area contributed by atoms with Crippen molar-refractivity contribution in [1.82, 2.24) is 4.72 Å². The third kappa shape index (κ3) is 2.62. The van der Waals surface area contributed by atoms with E-state index in [1.807, 2.05) is 6.07 Å². The molecule has 104 valence electrons. The summed E-state index contributed by atoms with van der Waals surface area (Å²) in [5, 5.41) is 0. The molecule has 2 aliphatic carbocycles. The van der Waals surface area contributed by atoms with E-state index in [1.165, 1.54) is 19.1 Å². The van der Waals surface area contributed by atoms with Crippen LogP contribution in [0.25, 0.3) is 0 Å². The Kier molecular flexibility index (Phi) is 3.27. The molecule has 0 atom stereocenters. The van der Waals surface area contributed by atoms with Gasteiger partial charge in [0.2, 0.25) is 10.0 Å². The van der Waals surface area contributed by atoms with E-state index in [9.17, 15) is 8.42 Å². The van der Waals surface area contributed by atoms with E-state index in [0.29, 0.717) is 10.6 Å². The number of benzene rings is 1. The highest BCUT2D eigenvalue weighted by Gasteiger charge is 2.30. The van der Waals surface area contributed by atoms with E-state index in [2.05, 4.69) is 4.72 Å². The van der Waals surface area contributed by atoms with Gasteiger partial charge >= 0.3 is 0 Å². The summed E-state index contributed by atoms with van der Waals surface area (Å²) in [6, 6.07) is 3.82. The van der Waals surface area contributed by atoms with E-state index >= 15 is 0 Å². The summed E-state index contributed by atoms with van der Waals surface area (Å²) in [5.74, 6) is 0.466. The number of fused-ring (bicyclic) bond motifs is 1. The first-order valence-corrected chi connectivity index (χ1v) is 8.30. The predicted octanol–water partition coefficient (Wildman–Crippen LogP) is 2.01. The number of nitrogens with one attached hydrogen (secondary N) is 1. The fraction of sp³-hybridized carbons (Fsp3) is 0.571. The zero-order valence-corrected chi connectivity index (χ0v) is 11.9. The first-order chi connectivity index (χ1) is 9.10. The average Bonchev–Trinajstić information content (AvgIpc) is 3.20. The van der Waals surface area contributed by atoms with Crippen molar-refractivity contribution in [3.63, 3.8) is 0 Å². The Morgan fingerprint density at radius 1 is 1.16 bits per heavy atom. The molecule has 5 heteroatoms. The maximum absolute atomic E-state index is 12.4. The van der Waals surface area contributed by atoms with E-state index < -0.39 is 10.0 Å². The monoisotopic (exact) mass is 281 g/mol. The number of sulfonamides is 1. The van der Waals surface area contributed by atoms with Crippen LogP contribution in [-0.4, -0.2) is 21.6 Å². The molecule has 1 aromatic rings. The smallest absolute Gasteiger partial charge is 0.244 e. The lowest BCUT2D eigenvalue weighted by Crippen LogP contribution is -2.26. The summed E-state index contributed by atoms with van der Waals surface area (Å²) in [6.07, 6.45) is 6.16. The lowest BCUT2D eigenvalue weighted by atomic mass is 9.92. The summed E-state index contributed by atoms with van der Waals surface area (Å²) >= 11 is 0. The van der Waals surface area contributed by atoms with Crippen LogP contribution < -0.4 is 9.46 Å². The number of hydrogen-bond acceptors (Lipinski definition) is 3. The Hall–Kier alpha value is -1.07. The minimum absolute atomic E-state index is 0.116. The van der Waals surface area contributed by atoms with E-state index in [1.54, 1.807) is 6.07 Å². The summed E-state index contributed by atoms with van der Waals surface area (Å²) in [4.78, 5) is 0.294. The van der Waals surface area contributed by atoms with Crippen molar-refractivity contribution in [2.45, 2.75) is 49.5 Å². The maximum Gasteiger partial charge on any atom is 0.244 e. The third-order valence-electron chi connectivity index (χ3n) is 3.82. The van der Waals surface area contributed by atoms with Gasteiger partial charge in [0.15, 0.2) is 0 Å². The van der Waals surface area contributed by atoms with Gasteiger partial charge in [-0.15, -0.1) is 0 Å². The van der Waals surface area contributed by atoms with Crippen molar-refractivity contribution in [2.24, 2.45) is 0 Å². The van der Waals surface area contributed by atoms with Crippen molar-refractivity contribution in [2.75, 3.05) is 7.11 Å². The molecule has 0 heterocycles. The molecule has 0 unspecified atom stereocenters. The third-order valence-corrected chi connectivity index (χ3v) is 5.36. The van der Waals surface area contributed by atoms with Crippen LogP contribution in [0.5, 0.6) is 5.75 Å². The molecule has 1 fully saturated rings. The molecule has 0 aliphatic heterocycles.